The molecule has 55 heavy (non-hydrogen) atoms. The second kappa shape index (κ2) is 16.8. The summed E-state index contributed by atoms with van der Waals surface area (Å²) in [4.78, 5) is 95.0. The van der Waals surface area contributed by atoms with E-state index >= 15 is 0 Å². The number of aliphatic carboxylic acids is 2. The Kier molecular flexibility index (Phi) is 11.9. The number of hydrogen-bond acceptors (Lipinski definition) is 7. The number of likely N-dealkylation sites (N-methyl/N-ethyl adjacent to an activating group) is 1. The molecule has 1 fully saturated rings. The molecule has 4 aromatic rings. The number of nitrogens with one attached hydrogen (secondary N) is 3. The van der Waals surface area contributed by atoms with Crippen LogP contribution in [-0.2, 0) is 36.1 Å². The Morgan fingerprint density at radius 3 is 2.00 bits per heavy atom. The molecular formula is C40H40N6O9. The second-order valence-electron chi connectivity index (χ2n) is 13.1. The molecular weight excluding hydrogens is 708 g/mol. The predicted octanol–water partition coefficient (Wildman–Crippen LogP) is 4.56. The minimum absolute atomic E-state index is 0.0264. The molecule has 1 saturated heterocycles. The number of imide groups is 1. The Morgan fingerprint density at radius 2 is 1.40 bits per heavy atom. The number of rotatable bonds is 14. The first-order chi connectivity index (χ1) is 26.2. The van der Waals surface area contributed by atoms with Crippen molar-refractivity contribution in [3.8, 4) is 0 Å². The fraction of sp³-hybridized carbons (Fsp3) is 0.225. The van der Waals surface area contributed by atoms with Crippen LogP contribution in [-0.4, -0.2) is 86.3 Å². The van der Waals surface area contributed by atoms with Crippen molar-refractivity contribution in [1.82, 2.24) is 20.0 Å². The number of aryl methyl sites for hydroxylation is 1. The summed E-state index contributed by atoms with van der Waals surface area (Å²) in [5.41, 5.74) is 1.53. The summed E-state index contributed by atoms with van der Waals surface area (Å²) in [6.45, 7) is 2.52. The highest BCUT2D eigenvalue weighted by Crippen LogP contribution is 2.39. The van der Waals surface area contributed by atoms with Gasteiger partial charge >= 0.3 is 24.0 Å². The van der Waals surface area contributed by atoms with E-state index in [2.05, 4.69) is 16.0 Å². The van der Waals surface area contributed by atoms with Gasteiger partial charge in [0.2, 0.25) is 11.8 Å². The van der Waals surface area contributed by atoms with Crippen LogP contribution in [0.4, 0.5) is 21.0 Å². The summed E-state index contributed by atoms with van der Waals surface area (Å²) < 4.78 is 0. The minimum atomic E-state index is -1.70. The number of anilines is 2. The molecule has 7 amide bonds. The van der Waals surface area contributed by atoms with Gasteiger partial charge in [0.05, 0.1) is 6.42 Å². The Balaban J connectivity index is 1.38. The standard InChI is InChI=1S/C40H40N6O9/c1-25-12-10-11-17-30(25)42-38(54)41-29-20-18-28(19-21-29)40(2)37(53)45(39(55)46(40)23-26-13-6-4-7-14-26)24-32(47)44(3)31(22-33(48)49)35(50)43-34(36(51)52)27-15-8-5-9-16-27/h4-21,31,34H,22-24H2,1-3H3,(H,43,50)(H,48,49)(H,51,52)(H2,41,42,54)/t31-,34-,40?/m0/s1. The molecule has 1 unspecified atom stereocenters. The van der Waals surface area contributed by atoms with Crippen molar-refractivity contribution in [2.45, 2.75) is 44.4 Å². The zero-order chi connectivity index (χ0) is 39.9. The van der Waals surface area contributed by atoms with Crippen molar-refractivity contribution in [2.24, 2.45) is 0 Å². The fourth-order valence-electron chi connectivity index (χ4n) is 6.25. The largest absolute Gasteiger partial charge is 0.481 e. The van der Waals surface area contributed by atoms with E-state index in [1.807, 2.05) is 19.1 Å². The quantitative estimate of drug-likeness (QED) is 0.115. The van der Waals surface area contributed by atoms with Gasteiger partial charge in [0.15, 0.2) is 6.04 Å². The number of para-hydroxylation sites is 1. The van der Waals surface area contributed by atoms with Gasteiger partial charge < -0.3 is 36.0 Å². The van der Waals surface area contributed by atoms with Crippen LogP contribution in [0.2, 0.25) is 0 Å². The molecule has 5 N–H and O–H groups in total. The molecule has 1 aliphatic rings. The monoisotopic (exact) mass is 748 g/mol. The molecule has 0 aromatic heterocycles. The molecule has 284 valence electrons. The van der Waals surface area contributed by atoms with Gasteiger partial charge in [-0.05, 0) is 54.3 Å². The average molecular weight is 749 g/mol. The molecule has 3 atom stereocenters. The van der Waals surface area contributed by atoms with Crippen LogP contribution in [0.1, 0.15) is 41.6 Å². The highest BCUT2D eigenvalue weighted by Gasteiger charge is 2.56. The molecule has 4 aromatic carbocycles. The molecule has 0 bridgehead atoms. The number of urea groups is 2. The molecule has 15 nitrogen and oxygen atoms in total. The third-order valence-corrected chi connectivity index (χ3v) is 9.44. The number of carboxylic acids is 2. The van der Waals surface area contributed by atoms with E-state index in [0.717, 1.165) is 22.4 Å². The number of benzene rings is 4. The molecule has 0 aliphatic carbocycles. The van der Waals surface area contributed by atoms with Gasteiger partial charge in [-0.1, -0.05) is 91.0 Å². The Labute approximate surface area is 316 Å². The van der Waals surface area contributed by atoms with Crippen LogP contribution in [0, 0.1) is 6.92 Å². The van der Waals surface area contributed by atoms with Crippen LogP contribution < -0.4 is 16.0 Å². The van der Waals surface area contributed by atoms with Crippen molar-refractivity contribution >= 4 is 53.1 Å². The summed E-state index contributed by atoms with van der Waals surface area (Å²) in [6.07, 6.45) is -0.891. The van der Waals surface area contributed by atoms with Crippen molar-refractivity contribution in [2.75, 3.05) is 24.2 Å². The highest BCUT2D eigenvalue weighted by atomic mass is 16.4. The van der Waals surface area contributed by atoms with Crippen molar-refractivity contribution in [3.63, 3.8) is 0 Å². The lowest BCUT2D eigenvalue weighted by atomic mass is 9.89. The van der Waals surface area contributed by atoms with E-state index in [4.69, 9.17) is 0 Å². The van der Waals surface area contributed by atoms with Crippen LogP contribution in [0.15, 0.2) is 109 Å². The van der Waals surface area contributed by atoms with Gasteiger partial charge in [-0.15, -0.1) is 0 Å². The number of amides is 7. The van der Waals surface area contributed by atoms with Crippen LogP contribution in [0.25, 0.3) is 0 Å². The second-order valence-corrected chi connectivity index (χ2v) is 13.1. The first-order valence-electron chi connectivity index (χ1n) is 17.2. The SMILES string of the molecule is Cc1ccccc1NC(=O)Nc1ccc(C2(C)C(=O)N(CC(=O)N(C)[C@@H](CC(=O)O)C(=O)N[C@H](C(=O)O)c3ccccc3)C(=O)N2Cc2ccccc2)cc1. The molecule has 0 saturated carbocycles. The van der Waals surface area contributed by atoms with E-state index < -0.39 is 72.3 Å². The summed E-state index contributed by atoms with van der Waals surface area (Å²) in [6, 6.07) is 25.6. The van der Waals surface area contributed by atoms with E-state index in [-0.39, 0.29) is 12.1 Å². The third-order valence-electron chi connectivity index (χ3n) is 9.44. The maximum absolute atomic E-state index is 14.3. The first-order valence-corrected chi connectivity index (χ1v) is 17.2. The number of carbonyl (C=O) groups is 7. The molecule has 15 heteroatoms. The topological polar surface area (TPSA) is 206 Å². The van der Waals surface area contributed by atoms with Gasteiger partial charge in [-0.2, -0.15) is 0 Å². The minimum Gasteiger partial charge on any atom is -0.481 e. The number of nitrogens with zero attached hydrogens (tertiary/aromatic N) is 3. The summed E-state index contributed by atoms with van der Waals surface area (Å²) in [7, 11) is 1.14. The van der Waals surface area contributed by atoms with E-state index in [9.17, 15) is 43.8 Å². The smallest absolute Gasteiger partial charge is 0.330 e. The maximum atomic E-state index is 14.3. The van der Waals surface area contributed by atoms with Crippen LogP contribution in [0.5, 0.6) is 0 Å². The number of carbonyl (C=O) groups excluding carboxylic acids is 5. The normalized spacial score (nSPS) is 16.2. The number of carboxylic acid groups (broad SMARTS) is 2. The van der Waals surface area contributed by atoms with E-state index in [0.29, 0.717) is 22.5 Å². The van der Waals surface area contributed by atoms with Crippen molar-refractivity contribution < 1.29 is 43.8 Å². The summed E-state index contributed by atoms with van der Waals surface area (Å²) in [5, 5.41) is 27.3. The van der Waals surface area contributed by atoms with Gasteiger partial charge in [0.1, 0.15) is 18.1 Å². The van der Waals surface area contributed by atoms with Gasteiger partial charge in [0, 0.05) is 25.0 Å². The van der Waals surface area contributed by atoms with Gasteiger partial charge in [0.25, 0.3) is 5.91 Å². The molecule has 0 radical (unpaired) electrons. The van der Waals surface area contributed by atoms with E-state index in [1.54, 1.807) is 84.9 Å². The fourth-order valence-corrected chi connectivity index (χ4v) is 6.25. The van der Waals surface area contributed by atoms with Gasteiger partial charge in [-0.25, -0.2) is 14.4 Å². The van der Waals surface area contributed by atoms with Crippen molar-refractivity contribution in [3.05, 3.63) is 131 Å². The maximum Gasteiger partial charge on any atom is 0.330 e. The van der Waals surface area contributed by atoms with Gasteiger partial charge in [-0.3, -0.25) is 24.1 Å². The predicted molar refractivity (Wildman–Crippen MR) is 200 cm³/mol. The molecule has 1 aliphatic heterocycles. The lowest BCUT2D eigenvalue weighted by molar-refractivity contribution is -0.148. The lowest BCUT2D eigenvalue weighted by Crippen LogP contribution is -2.53. The number of hydrogen-bond donors (Lipinski definition) is 5. The molecule has 5 rings (SSSR count). The average Bonchev–Trinajstić information content (AvgIpc) is 3.34. The third kappa shape index (κ3) is 8.79. The zero-order valence-electron chi connectivity index (χ0n) is 30.3. The van der Waals surface area contributed by atoms with Crippen LogP contribution in [0.3, 0.4) is 0 Å². The summed E-state index contributed by atoms with van der Waals surface area (Å²) in [5.74, 6) is -5.64. The molecule has 0 spiro atoms. The van der Waals surface area contributed by atoms with Crippen molar-refractivity contribution in [1.29, 1.82) is 0 Å². The lowest BCUT2D eigenvalue weighted by Gasteiger charge is -2.32. The van der Waals surface area contributed by atoms with E-state index in [1.165, 1.54) is 24.0 Å². The highest BCUT2D eigenvalue weighted by molar-refractivity contribution is 6.09. The Bertz CT molecular complexity index is 2090. The Hall–Kier alpha value is -7.03. The first kappa shape index (κ1) is 39.2. The Morgan fingerprint density at radius 1 is 0.800 bits per heavy atom. The summed E-state index contributed by atoms with van der Waals surface area (Å²) >= 11 is 0. The zero-order valence-corrected chi connectivity index (χ0v) is 30.3. The molecule has 1 heterocycles. The van der Waals surface area contributed by atoms with Crippen LogP contribution >= 0.6 is 0 Å².